The molecule has 0 saturated heterocycles. The second-order valence-electron chi connectivity index (χ2n) is 5.71. The highest BCUT2D eigenvalue weighted by molar-refractivity contribution is 14.0. The maximum Gasteiger partial charge on any atom is 0.191 e. The third kappa shape index (κ3) is 6.70. The van der Waals surface area contributed by atoms with Crippen molar-refractivity contribution in [2.24, 2.45) is 4.99 Å². The van der Waals surface area contributed by atoms with Crippen molar-refractivity contribution in [2.45, 2.75) is 39.3 Å². The number of nitrogens with one attached hydrogen (secondary N) is 2. The summed E-state index contributed by atoms with van der Waals surface area (Å²) in [5.41, 5.74) is 2.53. The van der Waals surface area contributed by atoms with Gasteiger partial charge in [0.25, 0.3) is 0 Å². The van der Waals surface area contributed by atoms with Gasteiger partial charge in [-0.05, 0) is 43.5 Å². The lowest BCUT2D eigenvalue weighted by molar-refractivity contribution is 0.158. The van der Waals surface area contributed by atoms with Crippen LogP contribution in [0.15, 0.2) is 52.1 Å². The summed E-state index contributed by atoms with van der Waals surface area (Å²) >= 11 is 0. The normalized spacial score (nSPS) is 13.7. The number of benzene rings is 1. The standard InChI is InChI=1S/C19H27N3O2.HI/c1-4-15-8-10-16(11-9-15)14(3)22-19(20-5-2)21-13-17(23)18-7-6-12-24-18;/h6-12,14,17,23H,4-5,13H2,1-3H3,(H2,20,21,22);1H. The van der Waals surface area contributed by atoms with E-state index in [1.807, 2.05) is 6.92 Å². The zero-order valence-corrected chi connectivity index (χ0v) is 17.4. The molecule has 138 valence electrons. The van der Waals surface area contributed by atoms with E-state index < -0.39 is 6.10 Å². The summed E-state index contributed by atoms with van der Waals surface area (Å²) in [6, 6.07) is 12.2. The van der Waals surface area contributed by atoms with Gasteiger partial charge in [-0.1, -0.05) is 31.2 Å². The highest BCUT2D eigenvalue weighted by Crippen LogP contribution is 2.15. The van der Waals surface area contributed by atoms with E-state index in [4.69, 9.17) is 4.42 Å². The second kappa shape index (κ2) is 11.1. The molecule has 0 saturated carbocycles. The molecule has 1 aromatic heterocycles. The number of hydrogen-bond donors (Lipinski definition) is 3. The number of aliphatic hydroxyl groups is 1. The van der Waals surface area contributed by atoms with E-state index >= 15 is 0 Å². The van der Waals surface area contributed by atoms with Crippen LogP contribution in [-0.2, 0) is 6.42 Å². The molecule has 25 heavy (non-hydrogen) atoms. The van der Waals surface area contributed by atoms with E-state index in [1.54, 1.807) is 18.4 Å². The number of rotatable bonds is 7. The minimum absolute atomic E-state index is 0. The van der Waals surface area contributed by atoms with Crippen LogP contribution in [0.5, 0.6) is 0 Å². The fraction of sp³-hybridized carbons (Fsp3) is 0.421. The van der Waals surface area contributed by atoms with Crippen molar-refractivity contribution < 1.29 is 9.52 Å². The first-order valence-corrected chi connectivity index (χ1v) is 8.49. The summed E-state index contributed by atoms with van der Waals surface area (Å²) in [6.45, 7) is 7.25. The lowest BCUT2D eigenvalue weighted by Gasteiger charge is -2.19. The first kappa shape index (κ1) is 21.5. The minimum Gasteiger partial charge on any atom is -0.467 e. The predicted octanol–water partition coefficient (Wildman–Crippen LogP) is 3.81. The topological polar surface area (TPSA) is 69.8 Å². The Bertz CT molecular complexity index is 627. The summed E-state index contributed by atoms with van der Waals surface area (Å²) < 4.78 is 5.20. The van der Waals surface area contributed by atoms with Gasteiger partial charge < -0.3 is 20.2 Å². The van der Waals surface area contributed by atoms with E-state index in [0.29, 0.717) is 11.7 Å². The zero-order valence-electron chi connectivity index (χ0n) is 15.0. The molecule has 0 bridgehead atoms. The number of aliphatic imine (C=N–C) groups is 1. The van der Waals surface area contributed by atoms with Crippen LogP contribution in [-0.4, -0.2) is 24.2 Å². The Kier molecular flexibility index (Phi) is 9.59. The molecule has 3 N–H and O–H groups in total. The molecule has 0 radical (unpaired) electrons. The van der Waals surface area contributed by atoms with Crippen LogP contribution < -0.4 is 10.6 Å². The van der Waals surface area contributed by atoms with Gasteiger partial charge >= 0.3 is 0 Å². The average Bonchev–Trinajstić information content (AvgIpc) is 3.14. The fourth-order valence-corrected chi connectivity index (χ4v) is 2.40. The van der Waals surface area contributed by atoms with Gasteiger partial charge in [-0.25, -0.2) is 0 Å². The number of nitrogens with zero attached hydrogens (tertiary/aromatic N) is 1. The number of furan rings is 1. The predicted molar refractivity (Wildman–Crippen MR) is 112 cm³/mol. The van der Waals surface area contributed by atoms with Gasteiger partial charge in [-0.3, -0.25) is 4.99 Å². The number of halogens is 1. The molecule has 2 aromatic rings. The van der Waals surface area contributed by atoms with E-state index in [2.05, 4.69) is 53.7 Å². The lowest BCUT2D eigenvalue weighted by atomic mass is 10.1. The maximum absolute atomic E-state index is 10.1. The Morgan fingerprint density at radius 3 is 2.48 bits per heavy atom. The molecule has 0 amide bonds. The van der Waals surface area contributed by atoms with Gasteiger partial charge in [0, 0.05) is 6.54 Å². The van der Waals surface area contributed by atoms with Crippen LogP contribution in [0, 0.1) is 0 Å². The highest BCUT2D eigenvalue weighted by atomic mass is 127. The van der Waals surface area contributed by atoms with Crippen molar-refractivity contribution in [3.8, 4) is 0 Å². The Balaban J connectivity index is 0.00000312. The molecule has 1 aromatic carbocycles. The molecular formula is C19H28IN3O2. The molecule has 0 aliphatic carbocycles. The van der Waals surface area contributed by atoms with E-state index in [0.717, 1.165) is 13.0 Å². The Morgan fingerprint density at radius 2 is 1.92 bits per heavy atom. The van der Waals surface area contributed by atoms with Crippen LogP contribution in [0.1, 0.15) is 49.8 Å². The van der Waals surface area contributed by atoms with Gasteiger partial charge in [-0.15, -0.1) is 24.0 Å². The Morgan fingerprint density at radius 1 is 1.20 bits per heavy atom. The largest absolute Gasteiger partial charge is 0.467 e. The Labute approximate surface area is 167 Å². The Hall–Kier alpha value is -1.54. The number of guanidine groups is 1. The first-order chi connectivity index (χ1) is 11.6. The van der Waals surface area contributed by atoms with Crippen molar-refractivity contribution in [3.63, 3.8) is 0 Å². The van der Waals surface area contributed by atoms with Gasteiger partial charge in [0.1, 0.15) is 11.9 Å². The number of aryl methyl sites for hydroxylation is 1. The van der Waals surface area contributed by atoms with E-state index in [-0.39, 0.29) is 36.6 Å². The third-order valence-electron chi connectivity index (χ3n) is 3.88. The molecule has 5 nitrogen and oxygen atoms in total. The average molecular weight is 457 g/mol. The van der Waals surface area contributed by atoms with Crippen molar-refractivity contribution in [2.75, 3.05) is 13.1 Å². The van der Waals surface area contributed by atoms with Crippen molar-refractivity contribution >= 4 is 29.9 Å². The van der Waals surface area contributed by atoms with Crippen molar-refractivity contribution in [1.29, 1.82) is 0 Å². The minimum atomic E-state index is -0.741. The molecule has 6 heteroatoms. The van der Waals surface area contributed by atoms with Gasteiger partial charge in [0.05, 0.1) is 18.8 Å². The number of aliphatic hydroxyl groups excluding tert-OH is 1. The maximum atomic E-state index is 10.1. The molecule has 0 spiro atoms. The van der Waals surface area contributed by atoms with E-state index in [1.165, 1.54) is 11.1 Å². The summed E-state index contributed by atoms with van der Waals surface area (Å²) in [5.74, 6) is 1.20. The van der Waals surface area contributed by atoms with Gasteiger partial charge in [-0.2, -0.15) is 0 Å². The van der Waals surface area contributed by atoms with Gasteiger partial charge in [0.2, 0.25) is 0 Å². The van der Waals surface area contributed by atoms with Gasteiger partial charge in [0.15, 0.2) is 5.96 Å². The zero-order chi connectivity index (χ0) is 17.4. The number of hydrogen-bond acceptors (Lipinski definition) is 3. The summed E-state index contributed by atoms with van der Waals surface area (Å²) in [4.78, 5) is 4.45. The van der Waals surface area contributed by atoms with Crippen LogP contribution in [0.25, 0.3) is 0 Å². The van der Waals surface area contributed by atoms with Crippen molar-refractivity contribution in [1.82, 2.24) is 10.6 Å². The highest BCUT2D eigenvalue weighted by Gasteiger charge is 2.11. The summed E-state index contributed by atoms with van der Waals surface area (Å²) in [7, 11) is 0. The molecule has 0 aliphatic rings. The smallest absolute Gasteiger partial charge is 0.191 e. The second-order valence-corrected chi connectivity index (χ2v) is 5.71. The van der Waals surface area contributed by atoms with Crippen LogP contribution >= 0.6 is 24.0 Å². The van der Waals surface area contributed by atoms with Crippen LogP contribution in [0.3, 0.4) is 0 Å². The summed E-state index contributed by atoms with van der Waals surface area (Å²) in [5, 5.41) is 16.7. The first-order valence-electron chi connectivity index (χ1n) is 8.49. The lowest BCUT2D eigenvalue weighted by Crippen LogP contribution is -2.39. The molecule has 2 unspecified atom stereocenters. The molecular weight excluding hydrogens is 429 g/mol. The van der Waals surface area contributed by atoms with Crippen LogP contribution in [0.2, 0.25) is 0 Å². The summed E-state index contributed by atoms with van der Waals surface area (Å²) in [6.07, 6.45) is 1.85. The molecule has 2 atom stereocenters. The monoisotopic (exact) mass is 457 g/mol. The molecule has 1 heterocycles. The van der Waals surface area contributed by atoms with Crippen LogP contribution in [0.4, 0.5) is 0 Å². The molecule has 2 rings (SSSR count). The quantitative estimate of drug-likeness (QED) is 0.336. The fourth-order valence-electron chi connectivity index (χ4n) is 2.40. The third-order valence-corrected chi connectivity index (χ3v) is 3.88. The van der Waals surface area contributed by atoms with Crippen molar-refractivity contribution in [3.05, 3.63) is 59.5 Å². The molecule has 0 fully saturated rings. The SMILES string of the molecule is CCNC(=NCC(O)c1ccco1)NC(C)c1ccc(CC)cc1.I. The molecule has 0 aliphatic heterocycles. The van der Waals surface area contributed by atoms with E-state index in [9.17, 15) is 5.11 Å².